The van der Waals surface area contributed by atoms with Crippen LogP contribution in [0.1, 0.15) is 59.0 Å². The number of fused-ring (bicyclic) bond motifs is 1. The quantitative estimate of drug-likeness (QED) is 0.828. The highest BCUT2D eigenvalue weighted by atomic mass is 32.1. The van der Waals surface area contributed by atoms with E-state index in [1.807, 2.05) is 11.3 Å². The Bertz CT molecular complexity index is 599. The Hall–Kier alpha value is -1.12. The Morgan fingerprint density at radius 2 is 2.10 bits per heavy atom. The van der Waals surface area contributed by atoms with Gasteiger partial charge in [-0.1, -0.05) is 23.8 Å². The average molecular weight is 285 g/mol. The molecule has 0 bridgehead atoms. The molecule has 1 N–H and O–H groups in total. The zero-order chi connectivity index (χ0) is 14.1. The van der Waals surface area contributed by atoms with Gasteiger partial charge in [-0.3, -0.25) is 0 Å². The van der Waals surface area contributed by atoms with Crippen LogP contribution in [0.2, 0.25) is 0 Å². The first-order valence-corrected chi connectivity index (χ1v) is 8.42. The molecular weight excluding hydrogens is 262 g/mol. The second kappa shape index (κ2) is 5.71. The topological polar surface area (TPSA) is 12.0 Å². The van der Waals surface area contributed by atoms with E-state index < -0.39 is 0 Å². The van der Waals surface area contributed by atoms with Crippen molar-refractivity contribution in [1.29, 1.82) is 0 Å². The lowest BCUT2D eigenvalue weighted by Gasteiger charge is -2.28. The maximum atomic E-state index is 3.84. The van der Waals surface area contributed by atoms with Crippen LogP contribution in [-0.4, -0.2) is 0 Å². The molecule has 2 atom stereocenters. The van der Waals surface area contributed by atoms with E-state index in [4.69, 9.17) is 0 Å². The maximum absolute atomic E-state index is 3.84. The van der Waals surface area contributed by atoms with Crippen molar-refractivity contribution in [2.45, 2.75) is 52.1 Å². The molecule has 2 unspecified atom stereocenters. The third-order valence-corrected chi connectivity index (χ3v) is 5.39. The fraction of sp³-hybridized carbons (Fsp3) is 0.444. The van der Waals surface area contributed by atoms with Gasteiger partial charge in [-0.25, -0.2) is 0 Å². The summed E-state index contributed by atoms with van der Waals surface area (Å²) in [6, 6.07) is 10.0. The Kier molecular flexibility index (Phi) is 3.95. The molecular formula is C18H23NS. The lowest BCUT2D eigenvalue weighted by Crippen LogP contribution is -2.27. The van der Waals surface area contributed by atoms with E-state index in [2.05, 4.69) is 55.7 Å². The molecule has 0 aliphatic heterocycles. The Morgan fingerprint density at radius 3 is 2.90 bits per heavy atom. The van der Waals surface area contributed by atoms with Crippen LogP contribution in [0.3, 0.4) is 0 Å². The first-order chi connectivity index (χ1) is 9.65. The van der Waals surface area contributed by atoms with E-state index in [9.17, 15) is 0 Å². The smallest absolute Gasteiger partial charge is 0.0336 e. The van der Waals surface area contributed by atoms with Crippen molar-refractivity contribution in [3.8, 4) is 0 Å². The molecule has 1 heterocycles. The molecule has 1 aliphatic carbocycles. The zero-order valence-electron chi connectivity index (χ0n) is 12.6. The molecule has 0 saturated carbocycles. The number of rotatable bonds is 3. The van der Waals surface area contributed by atoms with Gasteiger partial charge >= 0.3 is 0 Å². The SMILES string of the molecule is Cc1ccc(C(C)NC2CCCc3sccc32)c(C)c1. The summed E-state index contributed by atoms with van der Waals surface area (Å²) in [7, 11) is 0. The van der Waals surface area contributed by atoms with Gasteiger partial charge in [0.2, 0.25) is 0 Å². The van der Waals surface area contributed by atoms with Crippen molar-refractivity contribution in [3.05, 3.63) is 56.8 Å². The third kappa shape index (κ3) is 2.68. The van der Waals surface area contributed by atoms with Crippen LogP contribution in [0.15, 0.2) is 29.6 Å². The molecule has 20 heavy (non-hydrogen) atoms. The van der Waals surface area contributed by atoms with Crippen LogP contribution < -0.4 is 5.32 Å². The van der Waals surface area contributed by atoms with E-state index >= 15 is 0 Å². The van der Waals surface area contributed by atoms with Gasteiger partial charge < -0.3 is 5.32 Å². The molecule has 0 spiro atoms. The molecule has 3 rings (SSSR count). The fourth-order valence-corrected chi connectivity index (χ4v) is 4.35. The first-order valence-electron chi connectivity index (χ1n) is 7.54. The number of benzene rings is 1. The summed E-state index contributed by atoms with van der Waals surface area (Å²) >= 11 is 1.92. The number of thiophene rings is 1. The summed E-state index contributed by atoms with van der Waals surface area (Å²) in [6.07, 6.45) is 3.84. The maximum Gasteiger partial charge on any atom is 0.0336 e. The van der Waals surface area contributed by atoms with E-state index in [1.165, 1.54) is 41.5 Å². The van der Waals surface area contributed by atoms with Crippen molar-refractivity contribution in [2.24, 2.45) is 0 Å². The highest BCUT2D eigenvalue weighted by Gasteiger charge is 2.23. The lowest BCUT2D eigenvalue weighted by molar-refractivity contribution is 0.417. The molecule has 2 heteroatoms. The Labute approximate surface area is 126 Å². The summed E-state index contributed by atoms with van der Waals surface area (Å²) in [5, 5.41) is 6.09. The molecule has 0 saturated heterocycles. The van der Waals surface area contributed by atoms with Gasteiger partial charge in [0.15, 0.2) is 0 Å². The molecule has 1 aliphatic rings. The minimum absolute atomic E-state index is 0.409. The zero-order valence-corrected chi connectivity index (χ0v) is 13.4. The fourth-order valence-electron chi connectivity index (χ4n) is 3.36. The highest BCUT2D eigenvalue weighted by molar-refractivity contribution is 7.10. The monoisotopic (exact) mass is 285 g/mol. The number of nitrogens with one attached hydrogen (secondary N) is 1. The minimum Gasteiger partial charge on any atom is -0.303 e. The van der Waals surface area contributed by atoms with Crippen LogP contribution in [0.5, 0.6) is 0 Å². The van der Waals surface area contributed by atoms with E-state index in [0.29, 0.717) is 12.1 Å². The van der Waals surface area contributed by atoms with Crippen LogP contribution in [-0.2, 0) is 6.42 Å². The molecule has 0 fully saturated rings. The van der Waals surface area contributed by atoms with Gasteiger partial charge in [-0.15, -0.1) is 11.3 Å². The van der Waals surface area contributed by atoms with Crippen molar-refractivity contribution < 1.29 is 0 Å². The van der Waals surface area contributed by atoms with Crippen molar-refractivity contribution in [2.75, 3.05) is 0 Å². The normalized spacial score (nSPS) is 19.6. The standard InChI is InChI=1S/C18H23NS/c1-12-7-8-15(13(2)11-12)14(3)19-17-5-4-6-18-16(17)9-10-20-18/h7-11,14,17,19H,4-6H2,1-3H3. The van der Waals surface area contributed by atoms with E-state index in [-0.39, 0.29) is 0 Å². The third-order valence-electron chi connectivity index (χ3n) is 4.39. The van der Waals surface area contributed by atoms with Gasteiger partial charge in [-0.2, -0.15) is 0 Å². The second-order valence-electron chi connectivity index (χ2n) is 5.99. The number of aryl methyl sites for hydroxylation is 3. The molecule has 1 aromatic carbocycles. The van der Waals surface area contributed by atoms with Gasteiger partial charge in [0.25, 0.3) is 0 Å². The van der Waals surface area contributed by atoms with E-state index in [1.54, 1.807) is 4.88 Å². The molecule has 1 aromatic heterocycles. The average Bonchev–Trinajstić information content (AvgIpc) is 2.87. The Morgan fingerprint density at radius 1 is 1.25 bits per heavy atom. The first kappa shape index (κ1) is 13.8. The number of hydrogen-bond donors (Lipinski definition) is 1. The van der Waals surface area contributed by atoms with Crippen molar-refractivity contribution in [3.63, 3.8) is 0 Å². The van der Waals surface area contributed by atoms with Crippen LogP contribution in [0.25, 0.3) is 0 Å². The molecule has 2 aromatic rings. The largest absolute Gasteiger partial charge is 0.303 e. The van der Waals surface area contributed by atoms with Crippen molar-refractivity contribution in [1.82, 2.24) is 5.32 Å². The van der Waals surface area contributed by atoms with Gasteiger partial charge in [0.05, 0.1) is 0 Å². The summed E-state index contributed by atoms with van der Waals surface area (Å²) in [4.78, 5) is 1.58. The molecule has 0 radical (unpaired) electrons. The summed E-state index contributed by atoms with van der Waals surface area (Å²) in [5.41, 5.74) is 5.71. The summed E-state index contributed by atoms with van der Waals surface area (Å²) in [5.74, 6) is 0. The molecule has 0 amide bonds. The lowest BCUT2D eigenvalue weighted by atomic mass is 9.92. The predicted octanol–water partition coefficient (Wildman–Crippen LogP) is 5.09. The van der Waals surface area contributed by atoms with Crippen LogP contribution in [0.4, 0.5) is 0 Å². The molecule has 106 valence electrons. The predicted molar refractivity (Wildman–Crippen MR) is 87.5 cm³/mol. The van der Waals surface area contributed by atoms with E-state index in [0.717, 1.165) is 0 Å². The van der Waals surface area contributed by atoms with Crippen molar-refractivity contribution >= 4 is 11.3 Å². The van der Waals surface area contributed by atoms with Crippen LogP contribution >= 0.6 is 11.3 Å². The summed E-state index contributed by atoms with van der Waals surface area (Å²) in [6.45, 7) is 6.67. The number of hydrogen-bond acceptors (Lipinski definition) is 2. The van der Waals surface area contributed by atoms with Gasteiger partial charge in [-0.05, 0) is 68.2 Å². The summed E-state index contributed by atoms with van der Waals surface area (Å²) < 4.78 is 0. The van der Waals surface area contributed by atoms with Crippen LogP contribution in [0, 0.1) is 13.8 Å². The highest BCUT2D eigenvalue weighted by Crippen LogP contribution is 2.35. The minimum atomic E-state index is 0.409. The van der Waals surface area contributed by atoms with Gasteiger partial charge in [0.1, 0.15) is 0 Å². The Balaban J connectivity index is 1.79. The van der Waals surface area contributed by atoms with Gasteiger partial charge in [0, 0.05) is 17.0 Å². The molecule has 1 nitrogen and oxygen atoms in total. The second-order valence-corrected chi connectivity index (χ2v) is 6.99.